The van der Waals surface area contributed by atoms with Crippen molar-refractivity contribution in [3.63, 3.8) is 0 Å². The lowest BCUT2D eigenvalue weighted by Crippen LogP contribution is -2.44. The van der Waals surface area contributed by atoms with E-state index in [0.717, 1.165) is 41.9 Å². The van der Waals surface area contributed by atoms with Crippen LogP contribution in [0.5, 0.6) is 0 Å². The summed E-state index contributed by atoms with van der Waals surface area (Å²) >= 11 is 1.48. The fourth-order valence-corrected chi connectivity index (χ4v) is 5.24. The summed E-state index contributed by atoms with van der Waals surface area (Å²) in [7, 11) is 0. The summed E-state index contributed by atoms with van der Waals surface area (Å²) in [6.07, 6.45) is 4.73. The molecule has 1 aliphatic carbocycles. The number of hydrogen-bond acceptors (Lipinski definition) is 6. The van der Waals surface area contributed by atoms with Gasteiger partial charge in [-0.3, -0.25) is 9.36 Å². The summed E-state index contributed by atoms with van der Waals surface area (Å²) < 4.78 is 7.61. The maximum absolute atomic E-state index is 13.0. The third-order valence-corrected chi connectivity index (χ3v) is 7.40. The number of rotatable bonds is 6. The zero-order chi connectivity index (χ0) is 21.8. The topological polar surface area (TPSA) is 72.3 Å². The van der Waals surface area contributed by atoms with Crippen molar-refractivity contribution in [2.24, 2.45) is 5.92 Å². The van der Waals surface area contributed by atoms with Gasteiger partial charge in [0.15, 0.2) is 5.16 Å². The second kappa shape index (κ2) is 10.0. The van der Waals surface area contributed by atoms with Gasteiger partial charge < -0.3 is 15.0 Å². The lowest BCUT2D eigenvalue weighted by atomic mass is 9.86. The molecule has 2 aromatic rings. The predicted octanol–water partition coefficient (Wildman–Crippen LogP) is 3.59. The number of nitrogens with one attached hydrogen (secondary N) is 1. The molecular weight excluding hydrogens is 410 g/mol. The molecule has 1 N–H and O–H groups in total. The smallest absolute Gasteiger partial charge is 0.233 e. The molecule has 0 spiro atoms. The summed E-state index contributed by atoms with van der Waals surface area (Å²) in [4.78, 5) is 15.2. The first kappa shape index (κ1) is 22.1. The van der Waals surface area contributed by atoms with Crippen molar-refractivity contribution < 1.29 is 9.53 Å². The van der Waals surface area contributed by atoms with Crippen molar-refractivity contribution in [3.8, 4) is 5.69 Å². The summed E-state index contributed by atoms with van der Waals surface area (Å²) in [5.41, 5.74) is 2.19. The molecule has 0 bridgehead atoms. The van der Waals surface area contributed by atoms with E-state index in [4.69, 9.17) is 4.74 Å². The number of carbonyl (C=O) groups is 1. The van der Waals surface area contributed by atoms with E-state index < -0.39 is 0 Å². The van der Waals surface area contributed by atoms with Crippen LogP contribution in [-0.4, -0.2) is 58.3 Å². The van der Waals surface area contributed by atoms with Crippen LogP contribution in [0.2, 0.25) is 0 Å². The number of amides is 1. The van der Waals surface area contributed by atoms with Gasteiger partial charge in [-0.15, -0.1) is 10.2 Å². The molecule has 168 valence electrons. The summed E-state index contributed by atoms with van der Waals surface area (Å²) in [5, 5.41) is 12.8. The van der Waals surface area contributed by atoms with E-state index >= 15 is 0 Å². The molecular formula is C23H33N5O2S. The van der Waals surface area contributed by atoms with Crippen molar-refractivity contribution in [2.75, 3.05) is 31.2 Å². The first-order valence-electron chi connectivity index (χ1n) is 11.4. The molecule has 1 saturated carbocycles. The van der Waals surface area contributed by atoms with Crippen LogP contribution >= 0.6 is 11.8 Å². The van der Waals surface area contributed by atoms with Gasteiger partial charge in [0.2, 0.25) is 11.9 Å². The van der Waals surface area contributed by atoms with Gasteiger partial charge >= 0.3 is 0 Å². The second-order valence-electron chi connectivity index (χ2n) is 8.64. The number of morpholine rings is 1. The fraction of sp³-hybridized carbons (Fsp3) is 0.609. The van der Waals surface area contributed by atoms with Gasteiger partial charge in [0.05, 0.1) is 24.2 Å². The third-order valence-electron chi connectivity index (χ3n) is 6.36. The molecule has 4 rings (SSSR count). The van der Waals surface area contributed by atoms with E-state index in [2.05, 4.69) is 51.0 Å². The van der Waals surface area contributed by atoms with Gasteiger partial charge in [0.25, 0.3) is 0 Å². The van der Waals surface area contributed by atoms with Crippen LogP contribution < -0.4 is 10.2 Å². The standard InChI is InChI=1S/C23H33N5O2S/c1-16-8-4-6-10-19(16)24-21(29)18(3)31-23-26-25-22(27-12-14-30-15-13-27)28(23)20-11-7-5-9-17(20)2/h5,7,9,11,16,18-19H,4,6,8,10,12-15H2,1-3H3,(H,24,29). The number of ether oxygens (including phenoxy) is 1. The highest BCUT2D eigenvalue weighted by Crippen LogP contribution is 2.31. The maximum Gasteiger partial charge on any atom is 0.233 e. The van der Waals surface area contributed by atoms with Crippen LogP contribution in [0.25, 0.3) is 5.69 Å². The Morgan fingerprint density at radius 2 is 1.94 bits per heavy atom. The molecule has 1 aliphatic heterocycles. The molecule has 7 nitrogen and oxygen atoms in total. The van der Waals surface area contributed by atoms with Crippen LogP contribution in [-0.2, 0) is 9.53 Å². The normalized spacial score (nSPS) is 22.9. The number of aryl methyl sites for hydroxylation is 1. The Bertz CT molecular complexity index is 896. The van der Waals surface area contributed by atoms with E-state index in [9.17, 15) is 4.79 Å². The molecule has 31 heavy (non-hydrogen) atoms. The van der Waals surface area contributed by atoms with Gasteiger partial charge in [-0.25, -0.2) is 0 Å². The molecule has 2 fully saturated rings. The minimum Gasteiger partial charge on any atom is -0.378 e. The van der Waals surface area contributed by atoms with Gasteiger partial charge in [-0.05, 0) is 44.2 Å². The molecule has 1 aromatic carbocycles. The number of anilines is 1. The summed E-state index contributed by atoms with van der Waals surface area (Å²) in [6, 6.07) is 8.52. The Labute approximate surface area is 188 Å². The minimum absolute atomic E-state index is 0.0796. The molecule has 1 aromatic heterocycles. The number of benzene rings is 1. The number of nitrogens with zero attached hydrogens (tertiary/aromatic N) is 4. The van der Waals surface area contributed by atoms with Crippen LogP contribution in [0, 0.1) is 12.8 Å². The molecule has 2 aliphatic rings. The van der Waals surface area contributed by atoms with E-state index in [1.165, 1.54) is 31.0 Å². The number of para-hydroxylation sites is 1. The molecule has 1 saturated heterocycles. The number of carbonyl (C=O) groups excluding carboxylic acids is 1. The lowest BCUT2D eigenvalue weighted by Gasteiger charge is -2.30. The highest BCUT2D eigenvalue weighted by Gasteiger charge is 2.28. The second-order valence-corrected chi connectivity index (χ2v) is 9.95. The van der Waals surface area contributed by atoms with Crippen molar-refractivity contribution in [2.45, 2.75) is 62.9 Å². The Balaban J connectivity index is 1.56. The third kappa shape index (κ3) is 5.06. The zero-order valence-corrected chi connectivity index (χ0v) is 19.5. The van der Waals surface area contributed by atoms with Crippen molar-refractivity contribution in [1.29, 1.82) is 0 Å². The highest BCUT2D eigenvalue weighted by molar-refractivity contribution is 8.00. The Morgan fingerprint density at radius 3 is 2.68 bits per heavy atom. The van der Waals surface area contributed by atoms with Crippen molar-refractivity contribution in [3.05, 3.63) is 29.8 Å². The first-order valence-corrected chi connectivity index (χ1v) is 12.2. The van der Waals surface area contributed by atoms with E-state index in [-0.39, 0.29) is 17.2 Å². The molecule has 3 unspecified atom stereocenters. The molecule has 0 radical (unpaired) electrons. The Kier molecular flexibility index (Phi) is 7.17. The monoisotopic (exact) mass is 443 g/mol. The molecule has 3 atom stereocenters. The van der Waals surface area contributed by atoms with Gasteiger partial charge in [0.1, 0.15) is 0 Å². The average Bonchev–Trinajstić information content (AvgIpc) is 3.19. The number of aromatic nitrogens is 3. The van der Waals surface area contributed by atoms with Crippen molar-refractivity contribution >= 4 is 23.6 Å². The lowest BCUT2D eigenvalue weighted by molar-refractivity contribution is -0.121. The first-order chi connectivity index (χ1) is 15.0. The van der Waals surface area contributed by atoms with Gasteiger partial charge in [-0.1, -0.05) is 49.7 Å². The van der Waals surface area contributed by atoms with Crippen LogP contribution in [0.4, 0.5) is 5.95 Å². The Morgan fingerprint density at radius 1 is 1.19 bits per heavy atom. The van der Waals surface area contributed by atoms with Crippen LogP contribution in [0.1, 0.15) is 45.1 Å². The predicted molar refractivity (Wildman–Crippen MR) is 124 cm³/mol. The van der Waals surface area contributed by atoms with Crippen LogP contribution in [0.3, 0.4) is 0 Å². The molecule has 2 heterocycles. The van der Waals surface area contributed by atoms with Gasteiger partial charge in [0, 0.05) is 19.1 Å². The zero-order valence-electron chi connectivity index (χ0n) is 18.7. The van der Waals surface area contributed by atoms with Gasteiger partial charge in [-0.2, -0.15) is 0 Å². The summed E-state index contributed by atoms with van der Waals surface area (Å²) in [6.45, 7) is 9.22. The van der Waals surface area contributed by atoms with E-state index in [1.54, 1.807) is 0 Å². The Hall–Kier alpha value is -2.06. The van der Waals surface area contributed by atoms with Crippen molar-refractivity contribution in [1.82, 2.24) is 20.1 Å². The SMILES string of the molecule is Cc1ccccc1-n1c(SC(C)C(=O)NC2CCCCC2C)nnc1N1CCOCC1. The fourth-order valence-electron chi connectivity index (χ4n) is 4.37. The highest BCUT2D eigenvalue weighted by atomic mass is 32.2. The van der Waals surface area contributed by atoms with E-state index in [0.29, 0.717) is 19.1 Å². The molecule has 1 amide bonds. The summed E-state index contributed by atoms with van der Waals surface area (Å²) in [5.74, 6) is 1.43. The largest absolute Gasteiger partial charge is 0.378 e. The van der Waals surface area contributed by atoms with E-state index in [1.807, 2.05) is 19.1 Å². The number of thioether (sulfide) groups is 1. The quantitative estimate of drug-likeness (QED) is 0.688. The maximum atomic E-state index is 13.0. The number of hydrogen-bond donors (Lipinski definition) is 1. The van der Waals surface area contributed by atoms with Crippen LogP contribution in [0.15, 0.2) is 29.4 Å². The minimum atomic E-state index is -0.251. The molecule has 8 heteroatoms. The average molecular weight is 444 g/mol.